The fourth-order valence-electron chi connectivity index (χ4n) is 2.33. The molecule has 0 aliphatic heterocycles. The first-order chi connectivity index (χ1) is 9.53. The number of aryl methyl sites for hydroxylation is 1. The van der Waals surface area contributed by atoms with Crippen LogP contribution in [0.15, 0.2) is 12.1 Å². The normalized spacial score (nSPS) is 11.9. The third-order valence-electron chi connectivity index (χ3n) is 3.23. The molecule has 0 atom stereocenters. The summed E-state index contributed by atoms with van der Waals surface area (Å²) in [6, 6.07) is 1.76. The molecule has 0 saturated carbocycles. The fraction of sp³-hybridized carbons (Fsp3) is 0.412. The van der Waals surface area contributed by atoms with Crippen molar-refractivity contribution in [1.29, 1.82) is 0 Å². The van der Waals surface area contributed by atoms with Crippen LogP contribution in [0.3, 0.4) is 0 Å². The Morgan fingerprint density at radius 1 is 1.29 bits per heavy atom. The third-order valence-corrected chi connectivity index (χ3v) is 3.23. The van der Waals surface area contributed by atoms with Crippen LogP contribution in [0, 0.1) is 19.3 Å². The minimum Gasteiger partial charge on any atom is -0.478 e. The second-order valence-corrected chi connectivity index (χ2v) is 6.53. The van der Waals surface area contributed by atoms with Gasteiger partial charge in [-0.2, -0.15) is 0 Å². The van der Waals surface area contributed by atoms with Gasteiger partial charge in [-0.3, -0.25) is 4.79 Å². The van der Waals surface area contributed by atoms with Crippen LogP contribution < -0.4 is 5.73 Å². The van der Waals surface area contributed by atoms with E-state index in [1.54, 1.807) is 13.0 Å². The molecule has 3 N–H and O–H groups in total. The van der Waals surface area contributed by atoms with E-state index in [0.717, 1.165) is 11.6 Å². The maximum atomic E-state index is 12.5. The second kappa shape index (κ2) is 6.12. The number of carboxylic acid groups (broad SMARTS) is 1. The van der Waals surface area contributed by atoms with Gasteiger partial charge in [-0.15, -0.1) is 0 Å². The molecule has 0 spiro atoms. The maximum absolute atomic E-state index is 12.5. The first-order valence-electron chi connectivity index (χ1n) is 6.87. The number of hydrogen-bond acceptors (Lipinski definition) is 3. The average molecular weight is 289 g/mol. The highest BCUT2D eigenvalue weighted by Crippen LogP contribution is 2.30. The molecule has 1 aromatic carbocycles. The average Bonchev–Trinajstić information content (AvgIpc) is 2.29. The van der Waals surface area contributed by atoms with Gasteiger partial charge < -0.3 is 10.8 Å². The Morgan fingerprint density at radius 3 is 2.33 bits per heavy atom. The molecule has 0 radical (unpaired) electrons. The van der Waals surface area contributed by atoms with E-state index in [1.165, 1.54) is 6.08 Å². The molecular formula is C17H23NO3. The molecule has 4 heteroatoms. The maximum Gasteiger partial charge on any atom is 0.328 e. The van der Waals surface area contributed by atoms with Crippen LogP contribution in [0.5, 0.6) is 0 Å². The standard InChI is InChI=1S/C17H23NO3/c1-10-8-12(6-7-14(20)21)16(18)11(2)15(10)13(19)9-17(3,4)5/h6-8H,9,18H2,1-5H3,(H,20,21)/b7-6+. The monoisotopic (exact) mass is 289 g/mol. The lowest BCUT2D eigenvalue weighted by Gasteiger charge is -2.20. The van der Waals surface area contributed by atoms with Crippen LogP contribution in [-0.2, 0) is 4.79 Å². The minimum absolute atomic E-state index is 0.0676. The van der Waals surface area contributed by atoms with E-state index in [4.69, 9.17) is 10.8 Å². The minimum atomic E-state index is -1.03. The Hall–Kier alpha value is -2.10. The highest BCUT2D eigenvalue weighted by atomic mass is 16.4. The van der Waals surface area contributed by atoms with Crippen molar-refractivity contribution in [2.24, 2.45) is 5.41 Å². The van der Waals surface area contributed by atoms with Crippen LogP contribution in [0.25, 0.3) is 6.08 Å². The molecule has 21 heavy (non-hydrogen) atoms. The Labute approximate surface area is 125 Å². The molecule has 0 saturated heterocycles. The summed E-state index contributed by atoms with van der Waals surface area (Å²) in [5.41, 5.74) is 9.22. The number of carbonyl (C=O) groups is 2. The topological polar surface area (TPSA) is 80.4 Å². The van der Waals surface area contributed by atoms with E-state index in [2.05, 4.69) is 0 Å². The van der Waals surface area contributed by atoms with Crippen molar-refractivity contribution in [1.82, 2.24) is 0 Å². The van der Waals surface area contributed by atoms with E-state index in [0.29, 0.717) is 28.8 Å². The van der Waals surface area contributed by atoms with Crippen molar-refractivity contribution < 1.29 is 14.7 Å². The number of nitrogens with two attached hydrogens (primary N) is 1. The van der Waals surface area contributed by atoms with Gasteiger partial charge in [0.1, 0.15) is 0 Å². The molecule has 0 heterocycles. The van der Waals surface area contributed by atoms with Crippen molar-refractivity contribution in [3.8, 4) is 0 Å². The molecule has 0 bridgehead atoms. The Bertz CT molecular complexity index is 607. The third kappa shape index (κ3) is 4.45. The quantitative estimate of drug-likeness (QED) is 0.504. The number of carboxylic acids is 1. The van der Waals surface area contributed by atoms with E-state index in [1.807, 2.05) is 27.7 Å². The fourth-order valence-corrected chi connectivity index (χ4v) is 2.33. The number of anilines is 1. The number of carbonyl (C=O) groups excluding carboxylic acids is 1. The smallest absolute Gasteiger partial charge is 0.328 e. The summed E-state index contributed by atoms with van der Waals surface area (Å²) >= 11 is 0. The molecule has 0 aliphatic carbocycles. The molecular weight excluding hydrogens is 266 g/mol. The van der Waals surface area contributed by atoms with Crippen LogP contribution in [0.4, 0.5) is 5.69 Å². The van der Waals surface area contributed by atoms with E-state index in [9.17, 15) is 9.59 Å². The number of hydrogen-bond donors (Lipinski definition) is 2. The van der Waals surface area contributed by atoms with Gasteiger partial charge >= 0.3 is 5.97 Å². The molecule has 1 rings (SSSR count). The van der Waals surface area contributed by atoms with Gasteiger partial charge in [-0.1, -0.05) is 20.8 Å². The lowest BCUT2D eigenvalue weighted by Crippen LogP contribution is -2.16. The number of rotatable bonds is 4. The van der Waals surface area contributed by atoms with Crippen LogP contribution in [0.2, 0.25) is 0 Å². The lowest BCUT2D eigenvalue weighted by atomic mass is 9.84. The van der Waals surface area contributed by atoms with Gasteiger partial charge in [-0.25, -0.2) is 4.79 Å². The van der Waals surface area contributed by atoms with Crippen LogP contribution in [0.1, 0.15) is 54.2 Å². The summed E-state index contributed by atoms with van der Waals surface area (Å²) in [4.78, 5) is 23.1. The van der Waals surface area contributed by atoms with Gasteiger partial charge in [-0.05, 0) is 48.1 Å². The number of aliphatic carboxylic acids is 1. The number of benzene rings is 1. The molecule has 0 amide bonds. The first-order valence-corrected chi connectivity index (χ1v) is 6.87. The van der Waals surface area contributed by atoms with Gasteiger partial charge in [0.25, 0.3) is 0 Å². The number of Topliss-reactive ketones (excluding diaryl/α,β-unsaturated/α-hetero) is 1. The first kappa shape index (κ1) is 17.0. The van der Waals surface area contributed by atoms with Crippen molar-refractivity contribution >= 4 is 23.5 Å². The van der Waals surface area contributed by atoms with Gasteiger partial charge in [0, 0.05) is 23.7 Å². The lowest BCUT2D eigenvalue weighted by molar-refractivity contribution is -0.131. The number of ketones is 1. The summed E-state index contributed by atoms with van der Waals surface area (Å²) < 4.78 is 0. The van der Waals surface area contributed by atoms with Crippen LogP contribution in [-0.4, -0.2) is 16.9 Å². The second-order valence-electron chi connectivity index (χ2n) is 6.53. The van der Waals surface area contributed by atoms with Crippen molar-refractivity contribution in [3.63, 3.8) is 0 Å². The highest BCUT2D eigenvalue weighted by molar-refractivity contribution is 6.01. The van der Waals surface area contributed by atoms with E-state index in [-0.39, 0.29) is 11.2 Å². The Kier molecular flexibility index (Phi) is 4.94. The molecule has 0 unspecified atom stereocenters. The summed E-state index contributed by atoms with van der Waals surface area (Å²) in [5, 5.41) is 8.69. The van der Waals surface area contributed by atoms with Gasteiger partial charge in [0.15, 0.2) is 5.78 Å². The highest BCUT2D eigenvalue weighted by Gasteiger charge is 2.21. The van der Waals surface area contributed by atoms with Crippen molar-refractivity contribution in [2.45, 2.75) is 41.0 Å². The summed E-state index contributed by atoms with van der Waals surface area (Å²) in [6.07, 6.45) is 2.94. The molecule has 0 fully saturated rings. The molecule has 114 valence electrons. The zero-order valence-electron chi connectivity index (χ0n) is 13.3. The van der Waals surface area contributed by atoms with Crippen molar-refractivity contribution in [2.75, 3.05) is 5.73 Å². The molecule has 0 aromatic heterocycles. The summed E-state index contributed by atoms with van der Waals surface area (Å²) in [7, 11) is 0. The predicted octanol–water partition coefficient (Wildman–Crippen LogP) is 3.60. The largest absolute Gasteiger partial charge is 0.478 e. The van der Waals surface area contributed by atoms with Gasteiger partial charge in [0.2, 0.25) is 0 Å². The van der Waals surface area contributed by atoms with Crippen LogP contribution >= 0.6 is 0 Å². The summed E-state index contributed by atoms with van der Waals surface area (Å²) in [5.74, 6) is -0.962. The summed E-state index contributed by atoms with van der Waals surface area (Å²) in [6.45, 7) is 9.70. The number of nitrogen functional groups attached to an aromatic ring is 1. The molecule has 4 nitrogen and oxygen atoms in total. The Balaban J connectivity index is 3.29. The zero-order valence-corrected chi connectivity index (χ0v) is 13.3. The molecule has 1 aromatic rings. The van der Waals surface area contributed by atoms with E-state index >= 15 is 0 Å². The predicted molar refractivity (Wildman–Crippen MR) is 85.4 cm³/mol. The SMILES string of the molecule is Cc1cc(/C=C/C(=O)O)c(N)c(C)c1C(=O)CC(C)(C)C. The molecule has 0 aliphatic rings. The Morgan fingerprint density at radius 2 is 1.86 bits per heavy atom. The van der Waals surface area contributed by atoms with Gasteiger partial charge in [0.05, 0.1) is 0 Å². The van der Waals surface area contributed by atoms with Crippen molar-refractivity contribution in [3.05, 3.63) is 34.4 Å². The van der Waals surface area contributed by atoms with E-state index < -0.39 is 5.97 Å². The zero-order chi connectivity index (χ0) is 16.4.